The van der Waals surface area contributed by atoms with Crippen LogP contribution in [-0.2, 0) is 16.1 Å². The van der Waals surface area contributed by atoms with Gasteiger partial charge in [-0.2, -0.15) is 0 Å². The highest BCUT2D eigenvalue weighted by Crippen LogP contribution is 2.29. The third-order valence-electron chi connectivity index (χ3n) is 5.14. The van der Waals surface area contributed by atoms with Gasteiger partial charge in [0.05, 0.1) is 25.4 Å². The van der Waals surface area contributed by atoms with Gasteiger partial charge >= 0.3 is 5.97 Å². The maximum atomic E-state index is 12.4. The van der Waals surface area contributed by atoms with E-state index in [2.05, 4.69) is 6.92 Å². The maximum absolute atomic E-state index is 12.4. The van der Waals surface area contributed by atoms with Gasteiger partial charge in [0.25, 0.3) is 0 Å². The zero-order valence-corrected chi connectivity index (χ0v) is 17.4. The average Bonchev–Trinajstić information content (AvgIpc) is 3.33. The summed E-state index contributed by atoms with van der Waals surface area (Å²) in [7, 11) is 0. The summed E-state index contributed by atoms with van der Waals surface area (Å²) in [5.41, 5.74) is 1.69. The minimum absolute atomic E-state index is 0.0442. The largest absolute Gasteiger partial charge is 0.477 e. The summed E-state index contributed by atoms with van der Waals surface area (Å²) in [6.07, 6.45) is 3.50. The lowest BCUT2D eigenvalue weighted by atomic mass is 10.0. The number of hydrogen-bond donors (Lipinski definition) is 2. The molecule has 0 aliphatic carbocycles. The van der Waals surface area contributed by atoms with E-state index in [-0.39, 0.29) is 11.9 Å². The van der Waals surface area contributed by atoms with Crippen molar-refractivity contribution in [3.05, 3.63) is 51.7 Å². The Morgan fingerprint density at radius 3 is 2.69 bits per heavy atom. The Kier molecular flexibility index (Phi) is 7.41. The second-order valence-electron chi connectivity index (χ2n) is 7.29. The second kappa shape index (κ2) is 10.0. The van der Waals surface area contributed by atoms with Crippen LogP contribution in [0.5, 0.6) is 0 Å². The first kappa shape index (κ1) is 21.5. The van der Waals surface area contributed by atoms with E-state index in [9.17, 15) is 14.7 Å². The standard InChI is InChI=1S/C22H27NO5S/c1-2-3-4-19(24)15-5-7-16(8-6-15)23-17(9-12-21(23)25)13-28-14-18-10-11-20(29-18)22(26)27/h5-8,10-11,17,19,24H,2-4,9,12-14H2,1H3,(H,26,27)/t17-,19?/m0/s1. The summed E-state index contributed by atoms with van der Waals surface area (Å²) >= 11 is 1.20. The van der Waals surface area contributed by atoms with Crippen LogP contribution in [0.15, 0.2) is 36.4 Å². The number of carbonyl (C=O) groups excluding carboxylic acids is 1. The van der Waals surface area contributed by atoms with Gasteiger partial charge in [-0.3, -0.25) is 4.79 Å². The molecule has 2 aromatic rings. The third-order valence-corrected chi connectivity index (χ3v) is 6.19. The molecule has 2 N–H and O–H groups in total. The number of carboxylic acids is 1. The summed E-state index contributed by atoms with van der Waals surface area (Å²) in [5.74, 6) is -0.862. The first-order valence-corrected chi connectivity index (χ1v) is 10.8. The van der Waals surface area contributed by atoms with Gasteiger partial charge in [-0.15, -0.1) is 11.3 Å². The molecule has 6 nitrogen and oxygen atoms in total. The van der Waals surface area contributed by atoms with E-state index in [4.69, 9.17) is 9.84 Å². The van der Waals surface area contributed by atoms with Crippen LogP contribution in [0, 0.1) is 0 Å². The maximum Gasteiger partial charge on any atom is 0.345 e. The highest BCUT2D eigenvalue weighted by atomic mass is 32.1. The second-order valence-corrected chi connectivity index (χ2v) is 8.46. The van der Waals surface area contributed by atoms with Crippen LogP contribution in [0.25, 0.3) is 0 Å². The molecule has 0 spiro atoms. The number of anilines is 1. The molecular weight excluding hydrogens is 390 g/mol. The monoisotopic (exact) mass is 417 g/mol. The minimum Gasteiger partial charge on any atom is -0.477 e. The van der Waals surface area contributed by atoms with Crippen molar-refractivity contribution >= 4 is 28.9 Å². The summed E-state index contributed by atoms with van der Waals surface area (Å²) in [6, 6.07) is 10.8. The number of aliphatic hydroxyl groups is 1. The van der Waals surface area contributed by atoms with Crippen molar-refractivity contribution in [1.82, 2.24) is 0 Å². The summed E-state index contributed by atoms with van der Waals surface area (Å²) in [5, 5.41) is 19.2. The number of amides is 1. The van der Waals surface area contributed by atoms with Gasteiger partial charge in [-0.25, -0.2) is 4.79 Å². The summed E-state index contributed by atoms with van der Waals surface area (Å²) in [4.78, 5) is 26.3. The Labute approximate surface area is 174 Å². The molecule has 1 amide bonds. The van der Waals surface area contributed by atoms with Crippen LogP contribution in [0.3, 0.4) is 0 Å². The van der Waals surface area contributed by atoms with Crippen molar-refractivity contribution < 1.29 is 24.5 Å². The van der Waals surface area contributed by atoms with Crippen LogP contribution >= 0.6 is 11.3 Å². The average molecular weight is 418 g/mol. The number of benzene rings is 1. The summed E-state index contributed by atoms with van der Waals surface area (Å²) in [6.45, 7) is 2.83. The lowest BCUT2D eigenvalue weighted by Crippen LogP contribution is -2.36. The molecular formula is C22H27NO5S. The van der Waals surface area contributed by atoms with Crippen molar-refractivity contribution in [2.75, 3.05) is 11.5 Å². The molecule has 1 aromatic heterocycles. The van der Waals surface area contributed by atoms with E-state index in [0.29, 0.717) is 24.5 Å². The molecule has 2 heterocycles. The first-order chi connectivity index (χ1) is 14.0. The van der Waals surface area contributed by atoms with Crippen LogP contribution in [-0.4, -0.2) is 34.7 Å². The van der Waals surface area contributed by atoms with Crippen LogP contribution in [0.2, 0.25) is 0 Å². The topological polar surface area (TPSA) is 87.1 Å². The van der Waals surface area contributed by atoms with Crippen LogP contribution < -0.4 is 4.90 Å². The van der Waals surface area contributed by atoms with E-state index in [1.807, 2.05) is 24.3 Å². The molecule has 2 atom stereocenters. The number of carboxylic acid groups (broad SMARTS) is 1. The number of nitrogens with zero attached hydrogens (tertiary/aromatic N) is 1. The molecule has 0 bridgehead atoms. The number of aromatic carboxylic acids is 1. The Morgan fingerprint density at radius 1 is 1.28 bits per heavy atom. The SMILES string of the molecule is CCCCC(O)c1ccc(N2C(=O)CC[C@H]2COCc2ccc(C(=O)O)s2)cc1. The number of ether oxygens (including phenoxy) is 1. The van der Waals surface area contributed by atoms with E-state index in [0.717, 1.165) is 41.8 Å². The normalized spacial score (nSPS) is 17.7. The number of carbonyl (C=O) groups is 2. The Hall–Kier alpha value is -2.22. The van der Waals surface area contributed by atoms with Gasteiger partial charge in [-0.1, -0.05) is 31.9 Å². The van der Waals surface area contributed by atoms with Gasteiger partial charge in [0.1, 0.15) is 4.88 Å². The molecule has 3 rings (SSSR count). The number of hydrogen-bond acceptors (Lipinski definition) is 5. The molecule has 1 aliphatic heterocycles. The lowest BCUT2D eigenvalue weighted by molar-refractivity contribution is -0.117. The molecule has 7 heteroatoms. The first-order valence-electron chi connectivity index (χ1n) is 9.99. The van der Waals surface area contributed by atoms with Crippen LogP contribution in [0.4, 0.5) is 5.69 Å². The van der Waals surface area contributed by atoms with E-state index < -0.39 is 12.1 Å². The number of rotatable bonds is 10. The van der Waals surface area contributed by atoms with E-state index in [1.54, 1.807) is 17.0 Å². The summed E-state index contributed by atoms with van der Waals surface area (Å²) < 4.78 is 5.79. The van der Waals surface area contributed by atoms with Crippen LogP contribution in [0.1, 0.15) is 65.2 Å². The highest BCUT2D eigenvalue weighted by molar-refractivity contribution is 7.13. The molecule has 29 heavy (non-hydrogen) atoms. The smallest absolute Gasteiger partial charge is 0.345 e. The van der Waals surface area contributed by atoms with Gasteiger partial charge in [-0.05, 0) is 42.7 Å². The Bertz CT molecular complexity index is 832. The van der Waals surface area contributed by atoms with Crippen molar-refractivity contribution in [2.45, 2.75) is 57.8 Å². The number of thiophene rings is 1. The molecule has 0 radical (unpaired) electrons. The van der Waals surface area contributed by atoms with Gasteiger partial charge < -0.3 is 19.8 Å². The zero-order chi connectivity index (χ0) is 20.8. The fourth-order valence-electron chi connectivity index (χ4n) is 3.54. The van der Waals surface area contributed by atoms with Crippen molar-refractivity contribution in [2.24, 2.45) is 0 Å². The van der Waals surface area contributed by atoms with E-state index >= 15 is 0 Å². The minimum atomic E-state index is -0.933. The molecule has 156 valence electrons. The van der Waals surface area contributed by atoms with Crippen molar-refractivity contribution in [3.8, 4) is 0 Å². The zero-order valence-electron chi connectivity index (χ0n) is 16.5. The fourth-order valence-corrected chi connectivity index (χ4v) is 4.33. The van der Waals surface area contributed by atoms with Gasteiger partial charge in [0.15, 0.2) is 0 Å². The Morgan fingerprint density at radius 2 is 2.03 bits per heavy atom. The number of unbranched alkanes of at least 4 members (excludes halogenated alkanes) is 1. The molecule has 1 saturated heterocycles. The number of aliphatic hydroxyl groups excluding tert-OH is 1. The fraction of sp³-hybridized carbons (Fsp3) is 0.455. The van der Waals surface area contributed by atoms with Crippen molar-refractivity contribution in [3.63, 3.8) is 0 Å². The van der Waals surface area contributed by atoms with Gasteiger partial charge in [0.2, 0.25) is 5.91 Å². The quantitative estimate of drug-likeness (QED) is 0.599. The molecule has 1 fully saturated rings. The molecule has 0 saturated carbocycles. The van der Waals surface area contributed by atoms with E-state index in [1.165, 1.54) is 11.3 Å². The van der Waals surface area contributed by atoms with Gasteiger partial charge in [0, 0.05) is 17.0 Å². The molecule has 1 aliphatic rings. The predicted molar refractivity (Wildman–Crippen MR) is 112 cm³/mol. The lowest BCUT2D eigenvalue weighted by Gasteiger charge is -2.25. The third kappa shape index (κ3) is 5.44. The highest BCUT2D eigenvalue weighted by Gasteiger charge is 2.32. The molecule has 1 aromatic carbocycles. The van der Waals surface area contributed by atoms with Crippen molar-refractivity contribution in [1.29, 1.82) is 0 Å². The molecule has 1 unspecified atom stereocenters. The Balaban J connectivity index is 1.58. The predicted octanol–water partition coefficient (Wildman–Crippen LogP) is 4.38.